The van der Waals surface area contributed by atoms with Crippen molar-refractivity contribution in [3.8, 4) is 11.5 Å². The zero-order valence-electron chi connectivity index (χ0n) is 10.9. The Morgan fingerprint density at radius 2 is 2.11 bits per heavy atom. The summed E-state index contributed by atoms with van der Waals surface area (Å²) in [5, 5.41) is 11.9. The number of hydrogen-bond acceptors (Lipinski definition) is 4. The molecule has 5 nitrogen and oxygen atoms in total. The molecule has 0 aliphatic rings. The summed E-state index contributed by atoms with van der Waals surface area (Å²) in [5.74, 6) is 0.362. The summed E-state index contributed by atoms with van der Waals surface area (Å²) in [6.07, 6.45) is 0.505. The van der Waals surface area contributed by atoms with Crippen molar-refractivity contribution < 1.29 is 19.4 Å². The molecule has 1 atom stereocenters. The van der Waals surface area contributed by atoms with Crippen LogP contribution in [0.4, 0.5) is 5.69 Å². The molecule has 0 saturated heterocycles. The number of carbonyl (C=O) groups is 1. The van der Waals surface area contributed by atoms with E-state index in [2.05, 4.69) is 5.32 Å². The highest BCUT2D eigenvalue weighted by Gasteiger charge is 2.15. The molecule has 0 radical (unpaired) electrons. The number of carboxylic acids is 1. The summed E-state index contributed by atoms with van der Waals surface area (Å²) in [5.41, 5.74) is 0.699. The third kappa shape index (κ3) is 3.55. The van der Waals surface area contributed by atoms with E-state index in [1.54, 1.807) is 25.3 Å². The number of ether oxygens (including phenoxy) is 2. The van der Waals surface area contributed by atoms with Gasteiger partial charge in [-0.2, -0.15) is 0 Å². The van der Waals surface area contributed by atoms with Gasteiger partial charge in [0.15, 0.2) is 11.5 Å². The highest BCUT2D eigenvalue weighted by atomic mass is 16.5. The Morgan fingerprint density at radius 1 is 1.39 bits per heavy atom. The van der Waals surface area contributed by atoms with E-state index in [9.17, 15) is 4.79 Å². The molecule has 0 aliphatic heterocycles. The van der Waals surface area contributed by atoms with Gasteiger partial charge in [-0.25, -0.2) is 4.79 Å². The van der Waals surface area contributed by atoms with Crippen LogP contribution in [0.25, 0.3) is 0 Å². The summed E-state index contributed by atoms with van der Waals surface area (Å²) in [6, 6.07) is 4.67. The second kappa shape index (κ2) is 6.74. The van der Waals surface area contributed by atoms with E-state index in [4.69, 9.17) is 14.6 Å². The fourth-order valence-corrected chi connectivity index (χ4v) is 1.57. The summed E-state index contributed by atoms with van der Waals surface area (Å²) >= 11 is 0. The first kappa shape index (κ1) is 14.2. The number of hydrogen-bond donors (Lipinski definition) is 2. The first-order valence-corrected chi connectivity index (χ1v) is 5.92. The Bertz CT molecular complexity index is 406. The van der Waals surface area contributed by atoms with Gasteiger partial charge in [0.25, 0.3) is 0 Å². The number of methoxy groups -OCH3 is 1. The number of rotatable bonds is 7. The van der Waals surface area contributed by atoms with Gasteiger partial charge in [-0.3, -0.25) is 0 Å². The maximum absolute atomic E-state index is 10.9. The third-order valence-electron chi connectivity index (χ3n) is 2.51. The van der Waals surface area contributed by atoms with E-state index in [-0.39, 0.29) is 0 Å². The van der Waals surface area contributed by atoms with Crippen molar-refractivity contribution in [2.24, 2.45) is 0 Å². The van der Waals surface area contributed by atoms with Crippen molar-refractivity contribution in [3.63, 3.8) is 0 Å². The number of aliphatic carboxylic acids is 1. The monoisotopic (exact) mass is 253 g/mol. The Balaban J connectivity index is 2.87. The second-order valence-corrected chi connectivity index (χ2v) is 3.74. The van der Waals surface area contributed by atoms with Crippen molar-refractivity contribution in [1.82, 2.24) is 0 Å². The van der Waals surface area contributed by atoms with E-state index in [1.807, 2.05) is 13.8 Å². The molecule has 2 N–H and O–H groups in total. The number of anilines is 1. The Labute approximate surface area is 107 Å². The van der Waals surface area contributed by atoms with Crippen molar-refractivity contribution >= 4 is 11.7 Å². The van der Waals surface area contributed by atoms with Gasteiger partial charge in [0.2, 0.25) is 0 Å². The van der Waals surface area contributed by atoms with Crippen LogP contribution in [-0.2, 0) is 4.79 Å². The van der Waals surface area contributed by atoms with Crippen molar-refractivity contribution in [2.45, 2.75) is 26.3 Å². The van der Waals surface area contributed by atoms with Gasteiger partial charge < -0.3 is 19.9 Å². The topological polar surface area (TPSA) is 67.8 Å². The minimum Gasteiger partial charge on any atom is -0.493 e. The number of nitrogens with one attached hydrogen (secondary N) is 1. The quantitative estimate of drug-likeness (QED) is 0.780. The highest BCUT2D eigenvalue weighted by Crippen LogP contribution is 2.30. The average Bonchev–Trinajstić information content (AvgIpc) is 2.37. The molecule has 1 aromatic rings. The smallest absolute Gasteiger partial charge is 0.326 e. The summed E-state index contributed by atoms with van der Waals surface area (Å²) in [7, 11) is 1.55. The molecule has 1 rings (SSSR count). The second-order valence-electron chi connectivity index (χ2n) is 3.74. The molecule has 0 aliphatic carbocycles. The van der Waals surface area contributed by atoms with Crippen molar-refractivity contribution in [3.05, 3.63) is 18.2 Å². The largest absolute Gasteiger partial charge is 0.493 e. The molecule has 5 heteroatoms. The molecule has 100 valence electrons. The Kier molecular flexibility index (Phi) is 5.30. The summed E-state index contributed by atoms with van der Waals surface area (Å²) in [4.78, 5) is 10.9. The maximum atomic E-state index is 10.9. The fourth-order valence-electron chi connectivity index (χ4n) is 1.57. The molecule has 0 amide bonds. The zero-order chi connectivity index (χ0) is 13.5. The van der Waals surface area contributed by atoms with Crippen LogP contribution in [0.3, 0.4) is 0 Å². The van der Waals surface area contributed by atoms with E-state index < -0.39 is 12.0 Å². The van der Waals surface area contributed by atoms with E-state index >= 15 is 0 Å². The normalized spacial score (nSPS) is 11.7. The van der Waals surface area contributed by atoms with Crippen molar-refractivity contribution in [2.75, 3.05) is 19.0 Å². The predicted octanol–water partition coefficient (Wildman–Crippen LogP) is 2.37. The van der Waals surface area contributed by atoms with Gasteiger partial charge in [0, 0.05) is 11.8 Å². The third-order valence-corrected chi connectivity index (χ3v) is 2.51. The molecule has 1 unspecified atom stereocenters. The summed E-state index contributed by atoms with van der Waals surface area (Å²) in [6.45, 7) is 4.26. The van der Waals surface area contributed by atoms with Gasteiger partial charge in [0.1, 0.15) is 6.04 Å². The lowest BCUT2D eigenvalue weighted by molar-refractivity contribution is -0.137. The van der Waals surface area contributed by atoms with Crippen LogP contribution in [0.5, 0.6) is 11.5 Å². The minimum atomic E-state index is -0.870. The van der Waals surface area contributed by atoms with Gasteiger partial charge in [0.05, 0.1) is 13.7 Å². The van der Waals surface area contributed by atoms with E-state index in [0.29, 0.717) is 30.2 Å². The van der Waals surface area contributed by atoms with Gasteiger partial charge in [-0.15, -0.1) is 0 Å². The van der Waals surface area contributed by atoms with Crippen LogP contribution in [0.1, 0.15) is 20.3 Å². The fraction of sp³-hybridized carbons (Fsp3) is 0.462. The van der Waals surface area contributed by atoms with Crippen LogP contribution < -0.4 is 14.8 Å². The zero-order valence-corrected chi connectivity index (χ0v) is 10.9. The molecule has 0 spiro atoms. The number of carboxylic acid groups (broad SMARTS) is 1. The molecular formula is C13H19NO4. The van der Waals surface area contributed by atoms with Gasteiger partial charge in [-0.1, -0.05) is 6.92 Å². The lowest BCUT2D eigenvalue weighted by Crippen LogP contribution is -2.28. The maximum Gasteiger partial charge on any atom is 0.326 e. The molecule has 0 bridgehead atoms. The van der Waals surface area contributed by atoms with E-state index in [0.717, 1.165) is 0 Å². The first-order chi connectivity index (χ1) is 8.62. The molecule has 18 heavy (non-hydrogen) atoms. The van der Waals surface area contributed by atoms with Gasteiger partial charge >= 0.3 is 5.97 Å². The van der Waals surface area contributed by atoms with Crippen molar-refractivity contribution in [1.29, 1.82) is 0 Å². The molecular weight excluding hydrogens is 234 g/mol. The lowest BCUT2D eigenvalue weighted by atomic mass is 10.2. The van der Waals surface area contributed by atoms with Crippen LogP contribution in [0.15, 0.2) is 18.2 Å². The predicted molar refractivity (Wildman–Crippen MR) is 69.5 cm³/mol. The van der Waals surface area contributed by atoms with Gasteiger partial charge in [-0.05, 0) is 25.5 Å². The minimum absolute atomic E-state index is 0.505. The molecule has 0 fully saturated rings. The molecule has 1 aromatic carbocycles. The van der Waals surface area contributed by atoms with Crippen LogP contribution in [0, 0.1) is 0 Å². The summed E-state index contributed by atoms with van der Waals surface area (Å²) < 4.78 is 10.6. The van der Waals surface area contributed by atoms with Crippen LogP contribution in [-0.4, -0.2) is 30.8 Å². The van der Waals surface area contributed by atoms with E-state index in [1.165, 1.54) is 0 Å². The number of benzene rings is 1. The molecule has 0 heterocycles. The van der Waals surface area contributed by atoms with Crippen LogP contribution in [0.2, 0.25) is 0 Å². The molecule has 0 aromatic heterocycles. The Hall–Kier alpha value is -1.91. The first-order valence-electron chi connectivity index (χ1n) is 5.92. The average molecular weight is 253 g/mol. The Morgan fingerprint density at radius 3 is 2.61 bits per heavy atom. The van der Waals surface area contributed by atoms with Crippen LogP contribution >= 0.6 is 0 Å². The lowest BCUT2D eigenvalue weighted by Gasteiger charge is -2.16. The SMILES string of the molecule is CCOc1ccc(NC(CC)C(=O)O)cc1OC. The molecule has 0 saturated carbocycles. The highest BCUT2D eigenvalue weighted by molar-refractivity contribution is 5.77. The standard InChI is InChI=1S/C13H19NO4/c1-4-10(13(15)16)14-9-6-7-11(18-5-2)12(8-9)17-3/h6-8,10,14H,4-5H2,1-3H3,(H,15,16).